The first-order valence-electron chi connectivity index (χ1n) is 7.73. The van der Waals surface area contributed by atoms with Crippen molar-refractivity contribution in [2.45, 2.75) is 44.5 Å². The van der Waals surface area contributed by atoms with Gasteiger partial charge < -0.3 is 14.5 Å². The van der Waals surface area contributed by atoms with Gasteiger partial charge in [-0.25, -0.2) is 18.4 Å². The highest BCUT2D eigenvalue weighted by Crippen LogP contribution is 2.24. The number of sulfonamides is 1. The molecular weight excluding hydrogens is 322 g/mol. The van der Waals surface area contributed by atoms with Crippen LogP contribution in [0.25, 0.3) is 0 Å². The molecule has 1 atom stereocenters. The van der Waals surface area contributed by atoms with E-state index in [1.165, 1.54) is 0 Å². The molecular formula is C14H25N3O5S. The highest BCUT2D eigenvalue weighted by atomic mass is 32.2. The van der Waals surface area contributed by atoms with Crippen molar-refractivity contribution in [1.82, 2.24) is 9.80 Å². The van der Waals surface area contributed by atoms with Crippen LogP contribution in [-0.4, -0.2) is 67.2 Å². The van der Waals surface area contributed by atoms with Gasteiger partial charge in [-0.1, -0.05) is 0 Å². The van der Waals surface area contributed by atoms with Crippen molar-refractivity contribution in [1.29, 1.82) is 0 Å². The molecule has 0 spiro atoms. The molecule has 0 aromatic carbocycles. The number of nitrogens with two attached hydrogens (primary N) is 1. The lowest BCUT2D eigenvalue weighted by molar-refractivity contribution is -0.128. The minimum absolute atomic E-state index is 0.0342. The number of nitrogens with zero attached hydrogens (tertiary/aromatic N) is 2. The van der Waals surface area contributed by atoms with Crippen LogP contribution in [0.2, 0.25) is 0 Å². The van der Waals surface area contributed by atoms with E-state index in [9.17, 15) is 18.0 Å². The average molecular weight is 347 g/mol. The molecule has 2 fully saturated rings. The summed E-state index contributed by atoms with van der Waals surface area (Å²) in [6.45, 7) is 7.35. The summed E-state index contributed by atoms with van der Waals surface area (Å²) in [6, 6.07) is 0. The van der Waals surface area contributed by atoms with Gasteiger partial charge in [-0.3, -0.25) is 4.79 Å². The molecule has 2 N–H and O–H groups in total. The number of hydrogen-bond donors (Lipinski definition) is 1. The zero-order valence-electron chi connectivity index (χ0n) is 13.8. The van der Waals surface area contributed by atoms with Crippen molar-refractivity contribution in [3.8, 4) is 0 Å². The van der Waals surface area contributed by atoms with Crippen LogP contribution in [0.3, 0.4) is 0 Å². The SMILES string of the molecule is CC(C)(C)OC(=O)N1CC(CCN2CC(S(N)(=O)=O)CC2=O)C1. The second-order valence-electron chi connectivity index (χ2n) is 7.29. The summed E-state index contributed by atoms with van der Waals surface area (Å²) in [7, 11) is -3.67. The predicted octanol–water partition coefficient (Wildman–Crippen LogP) is 0.133. The van der Waals surface area contributed by atoms with Crippen LogP contribution >= 0.6 is 0 Å². The molecule has 0 radical (unpaired) electrons. The summed E-state index contributed by atoms with van der Waals surface area (Å²) >= 11 is 0. The van der Waals surface area contributed by atoms with Gasteiger partial charge in [0.25, 0.3) is 0 Å². The Morgan fingerprint density at radius 2 is 1.91 bits per heavy atom. The maximum Gasteiger partial charge on any atom is 0.410 e. The van der Waals surface area contributed by atoms with Crippen LogP contribution in [0.5, 0.6) is 0 Å². The predicted molar refractivity (Wildman–Crippen MR) is 84.0 cm³/mol. The van der Waals surface area contributed by atoms with Gasteiger partial charge in [0.2, 0.25) is 15.9 Å². The standard InChI is InChI=1S/C14H25N3O5S/c1-14(2,3)22-13(19)17-7-10(8-17)4-5-16-9-11(6-12(16)18)23(15,20)21/h10-11H,4-9H2,1-3H3,(H2,15,20,21). The molecule has 132 valence electrons. The van der Waals surface area contributed by atoms with Crippen molar-refractivity contribution in [3.63, 3.8) is 0 Å². The van der Waals surface area contributed by atoms with Gasteiger partial charge in [0.15, 0.2) is 0 Å². The molecule has 2 rings (SSSR count). The van der Waals surface area contributed by atoms with E-state index >= 15 is 0 Å². The summed E-state index contributed by atoms with van der Waals surface area (Å²) in [4.78, 5) is 26.8. The van der Waals surface area contributed by atoms with Crippen molar-refractivity contribution in [3.05, 3.63) is 0 Å². The Bertz CT molecular complexity index is 578. The monoisotopic (exact) mass is 347 g/mol. The summed E-state index contributed by atoms with van der Waals surface area (Å²) in [5, 5.41) is 4.30. The number of likely N-dealkylation sites (tertiary alicyclic amines) is 2. The minimum Gasteiger partial charge on any atom is -0.444 e. The fraction of sp³-hybridized carbons (Fsp3) is 0.857. The molecule has 2 amide bonds. The zero-order chi connectivity index (χ0) is 17.4. The number of ether oxygens (including phenoxy) is 1. The van der Waals surface area contributed by atoms with Gasteiger partial charge in [-0.05, 0) is 33.1 Å². The van der Waals surface area contributed by atoms with E-state index in [-0.39, 0.29) is 25.0 Å². The summed E-state index contributed by atoms with van der Waals surface area (Å²) in [5.74, 6) is 0.135. The Morgan fingerprint density at radius 1 is 1.30 bits per heavy atom. The molecule has 2 heterocycles. The first-order valence-corrected chi connectivity index (χ1v) is 9.34. The fourth-order valence-electron chi connectivity index (χ4n) is 2.74. The van der Waals surface area contributed by atoms with Crippen molar-refractivity contribution < 1.29 is 22.7 Å². The molecule has 0 aromatic rings. The molecule has 23 heavy (non-hydrogen) atoms. The lowest BCUT2D eigenvalue weighted by atomic mass is 9.97. The molecule has 0 saturated carbocycles. The molecule has 1 unspecified atom stereocenters. The second kappa shape index (κ2) is 6.27. The van der Waals surface area contributed by atoms with Crippen molar-refractivity contribution >= 4 is 22.0 Å². The second-order valence-corrected chi connectivity index (χ2v) is 9.14. The van der Waals surface area contributed by atoms with E-state index < -0.39 is 20.9 Å². The van der Waals surface area contributed by atoms with Crippen molar-refractivity contribution in [2.24, 2.45) is 11.1 Å². The molecule has 8 nitrogen and oxygen atoms in total. The van der Waals surface area contributed by atoms with Crippen molar-refractivity contribution in [2.75, 3.05) is 26.2 Å². The van der Waals surface area contributed by atoms with E-state index in [2.05, 4.69) is 0 Å². The normalized spacial score (nSPS) is 23.1. The molecule has 2 saturated heterocycles. The molecule has 2 aliphatic heterocycles. The molecule has 0 aromatic heterocycles. The van der Waals surface area contributed by atoms with Gasteiger partial charge in [0, 0.05) is 32.6 Å². The molecule has 0 aliphatic carbocycles. The summed E-state index contributed by atoms with van der Waals surface area (Å²) in [5.41, 5.74) is -0.507. The van der Waals surface area contributed by atoms with Gasteiger partial charge in [-0.15, -0.1) is 0 Å². The maximum atomic E-state index is 11.8. The number of amides is 2. The zero-order valence-corrected chi connectivity index (χ0v) is 14.6. The van der Waals surface area contributed by atoms with Crippen LogP contribution in [-0.2, 0) is 19.6 Å². The number of primary sulfonamides is 1. The summed E-state index contributed by atoms with van der Waals surface area (Å²) in [6.07, 6.45) is 0.385. The van der Waals surface area contributed by atoms with E-state index in [1.807, 2.05) is 20.8 Å². The Morgan fingerprint density at radius 3 is 2.39 bits per heavy atom. The van der Waals surface area contributed by atoms with Gasteiger partial charge in [-0.2, -0.15) is 0 Å². The Hall–Kier alpha value is -1.35. The lowest BCUT2D eigenvalue weighted by Gasteiger charge is -2.40. The molecule has 2 aliphatic rings. The van der Waals surface area contributed by atoms with E-state index in [0.717, 1.165) is 6.42 Å². The minimum atomic E-state index is -3.67. The van der Waals surface area contributed by atoms with Gasteiger partial charge >= 0.3 is 6.09 Å². The highest BCUT2D eigenvalue weighted by molar-refractivity contribution is 7.89. The number of carbonyl (C=O) groups excluding carboxylic acids is 2. The topological polar surface area (TPSA) is 110 Å². The Kier molecular flexibility index (Phi) is 4.91. The van der Waals surface area contributed by atoms with Gasteiger partial charge in [0.1, 0.15) is 10.9 Å². The first-order chi connectivity index (χ1) is 10.5. The third-order valence-electron chi connectivity index (χ3n) is 4.06. The van der Waals surface area contributed by atoms with Crippen LogP contribution in [0.1, 0.15) is 33.6 Å². The fourth-order valence-corrected chi connectivity index (χ4v) is 3.50. The smallest absolute Gasteiger partial charge is 0.410 e. The molecule has 0 bridgehead atoms. The third kappa shape index (κ3) is 4.81. The van der Waals surface area contributed by atoms with Crippen LogP contribution in [0, 0.1) is 5.92 Å². The summed E-state index contributed by atoms with van der Waals surface area (Å²) < 4.78 is 27.9. The van der Waals surface area contributed by atoms with E-state index in [1.54, 1.807) is 9.80 Å². The quantitative estimate of drug-likeness (QED) is 0.777. The van der Waals surface area contributed by atoms with Gasteiger partial charge in [0.05, 0.1) is 0 Å². The first kappa shape index (κ1) is 18.0. The third-order valence-corrected chi connectivity index (χ3v) is 5.30. The lowest BCUT2D eigenvalue weighted by Crippen LogP contribution is -2.52. The van der Waals surface area contributed by atoms with E-state index in [0.29, 0.717) is 25.6 Å². The van der Waals surface area contributed by atoms with Crippen LogP contribution in [0.4, 0.5) is 4.79 Å². The molecule has 9 heteroatoms. The highest BCUT2D eigenvalue weighted by Gasteiger charge is 2.38. The van der Waals surface area contributed by atoms with E-state index in [4.69, 9.17) is 9.88 Å². The number of rotatable bonds is 4. The van der Waals surface area contributed by atoms with Crippen LogP contribution < -0.4 is 5.14 Å². The number of hydrogen-bond acceptors (Lipinski definition) is 5. The number of carbonyl (C=O) groups is 2. The largest absolute Gasteiger partial charge is 0.444 e. The van der Waals surface area contributed by atoms with Crippen LogP contribution in [0.15, 0.2) is 0 Å². The Labute approximate surface area is 137 Å². The average Bonchev–Trinajstić information content (AvgIpc) is 2.66. The Balaban J connectivity index is 1.71. The maximum absolute atomic E-state index is 11.8.